The average Bonchev–Trinajstić information content (AvgIpc) is 2.75. The standard InChI is InChI=1S/C22H51N3O2Si/c1-10-23(11-2)19-22(20-24(12-3)13-4,21-25(14-5)15-6)17-18-28(16-7,26-8)27-9/h10-21H2,1-9H3. The first-order chi connectivity index (χ1) is 13.4. The highest BCUT2D eigenvalue weighted by Gasteiger charge is 2.40. The molecule has 0 aromatic heterocycles. The smallest absolute Gasteiger partial charge is 0.337 e. The van der Waals surface area contributed by atoms with E-state index in [1.807, 2.05) is 14.2 Å². The zero-order valence-corrected chi connectivity index (χ0v) is 21.6. The van der Waals surface area contributed by atoms with Crippen molar-refractivity contribution in [1.82, 2.24) is 14.7 Å². The highest BCUT2D eigenvalue weighted by atomic mass is 28.4. The van der Waals surface area contributed by atoms with Crippen molar-refractivity contribution in [3.8, 4) is 0 Å². The van der Waals surface area contributed by atoms with Gasteiger partial charge in [0, 0.05) is 39.3 Å². The van der Waals surface area contributed by atoms with E-state index in [1.165, 1.54) is 0 Å². The van der Waals surface area contributed by atoms with Gasteiger partial charge in [-0.15, -0.1) is 0 Å². The molecular formula is C22H51N3O2Si. The van der Waals surface area contributed by atoms with Crippen LogP contribution in [-0.2, 0) is 8.85 Å². The van der Waals surface area contributed by atoms with Crippen molar-refractivity contribution >= 4 is 8.56 Å². The van der Waals surface area contributed by atoms with Gasteiger partial charge in [-0.25, -0.2) is 0 Å². The second kappa shape index (κ2) is 14.9. The number of hydrogen-bond acceptors (Lipinski definition) is 5. The van der Waals surface area contributed by atoms with E-state index in [0.29, 0.717) is 0 Å². The quantitative estimate of drug-likeness (QED) is 0.313. The average molecular weight is 418 g/mol. The molecule has 0 aromatic carbocycles. The van der Waals surface area contributed by atoms with Crippen LogP contribution in [0.5, 0.6) is 0 Å². The van der Waals surface area contributed by atoms with E-state index >= 15 is 0 Å². The number of hydrogen-bond donors (Lipinski definition) is 0. The second-order valence-electron chi connectivity index (χ2n) is 8.06. The van der Waals surface area contributed by atoms with Gasteiger partial charge in [-0.05, 0) is 57.8 Å². The van der Waals surface area contributed by atoms with Crippen molar-refractivity contribution in [3.63, 3.8) is 0 Å². The molecule has 0 N–H and O–H groups in total. The maximum atomic E-state index is 5.98. The Labute approximate surface area is 178 Å². The van der Waals surface area contributed by atoms with E-state index in [2.05, 4.69) is 63.2 Å². The van der Waals surface area contributed by atoms with Gasteiger partial charge in [-0.2, -0.15) is 0 Å². The van der Waals surface area contributed by atoms with Crippen LogP contribution in [0.2, 0.25) is 12.1 Å². The molecule has 0 spiro atoms. The zero-order valence-electron chi connectivity index (χ0n) is 20.6. The molecule has 0 saturated carbocycles. The van der Waals surface area contributed by atoms with E-state index in [0.717, 1.165) is 77.4 Å². The fourth-order valence-corrected chi connectivity index (χ4v) is 6.78. The lowest BCUT2D eigenvalue weighted by atomic mass is 9.82. The Bertz CT molecular complexity index is 324. The molecule has 0 aromatic rings. The predicted molar refractivity (Wildman–Crippen MR) is 125 cm³/mol. The summed E-state index contributed by atoms with van der Waals surface area (Å²) in [6.07, 6.45) is 1.16. The molecule has 0 heterocycles. The van der Waals surface area contributed by atoms with Crippen LogP contribution < -0.4 is 0 Å². The van der Waals surface area contributed by atoms with Crippen LogP contribution in [0, 0.1) is 5.41 Å². The van der Waals surface area contributed by atoms with Gasteiger partial charge in [0.05, 0.1) is 0 Å². The molecule has 0 aliphatic rings. The maximum absolute atomic E-state index is 5.98. The van der Waals surface area contributed by atoms with E-state index in [9.17, 15) is 0 Å². The monoisotopic (exact) mass is 417 g/mol. The molecule has 0 saturated heterocycles. The molecule has 0 unspecified atom stereocenters. The largest absolute Gasteiger partial charge is 0.398 e. The van der Waals surface area contributed by atoms with Gasteiger partial charge in [0.2, 0.25) is 0 Å². The molecule has 6 heteroatoms. The Hall–Kier alpha value is 0.0169. The van der Waals surface area contributed by atoms with Crippen molar-refractivity contribution in [1.29, 1.82) is 0 Å². The SMILES string of the molecule is CCN(CC)CC(CC[Si](CC)(OC)OC)(CN(CC)CC)CN(CC)CC. The summed E-state index contributed by atoms with van der Waals surface area (Å²) in [5.41, 5.74) is 0.231. The van der Waals surface area contributed by atoms with Gasteiger partial charge in [0.25, 0.3) is 0 Å². The maximum Gasteiger partial charge on any atom is 0.337 e. The molecule has 0 atom stereocenters. The second-order valence-corrected chi connectivity index (χ2v) is 11.9. The Morgan fingerprint density at radius 1 is 0.607 bits per heavy atom. The Morgan fingerprint density at radius 2 is 0.929 bits per heavy atom. The van der Waals surface area contributed by atoms with Crippen molar-refractivity contribution in [2.75, 3.05) is 73.1 Å². The van der Waals surface area contributed by atoms with Gasteiger partial charge in [-0.3, -0.25) is 0 Å². The van der Waals surface area contributed by atoms with E-state index in [1.54, 1.807) is 0 Å². The lowest BCUT2D eigenvalue weighted by molar-refractivity contribution is 0.0564. The van der Waals surface area contributed by atoms with Gasteiger partial charge >= 0.3 is 8.56 Å². The topological polar surface area (TPSA) is 28.2 Å². The van der Waals surface area contributed by atoms with E-state index < -0.39 is 8.56 Å². The summed E-state index contributed by atoms with van der Waals surface area (Å²) in [6, 6.07) is 2.08. The normalized spacial score (nSPS) is 13.3. The predicted octanol–water partition coefficient (Wildman–Crippen LogP) is 4.14. The van der Waals surface area contributed by atoms with E-state index in [-0.39, 0.29) is 5.41 Å². The zero-order chi connectivity index (χ0) is 21.6. The lowest BCUT2D eigenvalue weighted by Crippen LogP contribution is -2.53. The third kappa shape index (κ3) is 8.80. The van der Waals surface area contributed by atoms with Gasteiger partial charge in [0.15, 0.2) is 0 Å². The summed E-state index contributed by atoms with van der Waals surface area (Å²) in [5, 5.41) is 0. The fraction of sp³-hybridized carbons (Fsp3) is 1.00. The minimum absolute atomic E-state index is 0.231. The van der Waals surface area contributed by atoms with Crippen LogP contribution in [0.25, 0.3) is 0 Å². The summed E-state index contributed by atoms with van der Waals surface area (Å²) < 4.78 is 12.0. The summed E-state index contributed by atoms with van der Waals surface area (Å²) >= 11 is 0. The molecule has 28 heavy (non-hydrogen) atoms. The molecule has 0 radical (unpaired) electrons. The summed E-state index contributed by atoms with van der Waals surface area (Å²) in [7, 11) is 1.60. The van der Waals surface area contributed by atoms with Crippen molar-refractivity contribution < 1.29 is 8.85 Å². The Morgan fingerprint density at radius 3 is 1.14 bits per heavy atom. The van der Waals surface area contributed by atoms with Crippen LogP contribution >= 0.6 is 0 Å². The van der Waals surface area contributed by atoms with Gasteiger partial charge < -0.3 is 23.6 Å². The first-order valence-corrected chi connectivity index (χ1v) is 13.9. The Kier molecular flexibility index (Phi) is 14.9. The molecule has 0 bridgehead atoms. The Balaban J connectivity index is 5.88. The van der Waals surface area contributed by atoms with E-state index in [4.69, 9.17) is 8.85 Å². The first kappa shape index (κ1) is 28.0. The van der Waals surface area contributed by atoms with Gasteiger partial charge in [0.1, 0.15) is 0 Å². The van der Waals surface area contributed by atoms with Crippen LogP contribution in [0.4, 0.5) is 0 Å². The van der Waals surface area contributed by atoms with Gasteiger partial charge in [-0.1, -0.05) is 48.5 Å². The molecular weight excluding hydrogens is 366 g/mol. The van der Waals surface area contributed by atoms with Crippen molar-refractivity contribution in [3.05, 3.63) is 0 Å². The lowest BCUT2D eigenvalue weighted by Gasteiger charge is -2.45. The third-order valence-corrected chi connectivity index (χ3v) is 10.3. The van der Waals surface area contributed by atoms with Crippen LogP contribution in [0.15, 0.2) is 0 Å². The minimum Gasteiger partial charge on any atom is -0.398 e. The fourth-order valence-electron chi connectivity index (χ4n) is 4.36. The number of nitrogens with zero attached hydrogens (tertiary/aromatic N) is 3. The molecule has 0 amide bonds. The first-order valence-electron chi connectivity index (χ1n) is 11.6. The summed E-state index contributed by atoms with van der Waals surface area (Å²) in [4.78, 5) is 7.84. The minimum atomic E-state index is -2.10. The van der Waals surface area contributed by atoms with Crippen LogP contribution in [0.1, 0.15) is 54.9 Å². The van der Waals surface area contributed by atoms with Crippen LogP contribution in [0.3, 0.4) is 0 Å². The molecule has 0 rings (SSSR count). The number of rotatable bonds is 18. The highest BCUT2D eigenvalue weighted by Crippen LogP contribution is 2.33. The molecule has 0 fully saturated rings. The van der Waals surface area contributed by atoms with Crippen molar-refractivity contribution in [2.24, 2.45) is 5.41 Å². The highest BCUT2D eigenvalue weighted by molar-refractivity contribution is 6.67. The molecule has 170 valence electrons. The molecule has 0 aliphatic carbocycles. The summed E-state index contributed by atoms with van der Waals surface area (Å²) in [5.74, 6) is 0. The molecule has 0 aliphatic heterocycles. The van der Waals surface area contributed by atoms with Crippen molar-refractivity contribution in [2.45, 2.75) is 67.0 Å². The summed E-state index contributed by atoms with van der Waals surface area (Å²) in [6.45, 7) is 26.1. The molecule has 5 nitrogen and oxygen atoms in total. The third-order valence-electron chi connectivity index (χ3n) is 6.68. The van der Waals surface area contributed by atoms with Crippen LogP contribution in [-0.4, -0.2) is 96.4 Å².